The molecule has 0 saturated heterocycles. The van der Waals surface area contributed by atoms with Crippen LogP contribution in [-0.2, 0) is 12.8 Å². The summed E-state index contributed by atoms with van der Waals surface area (Å²) in [6, 6.07) is 10.0. The fourth-order valence-electron chi connectivity index (χ4n) is 3.39. The number of methoxy groups -OCH3 is 1. The van der Waals surface area contributed by atoms with Crippen LogP contribution in [0.15, 0.2) is 48.9 Å². The monoisotopic (exact) mass is 380 g/mol. The Hall–Kier alpha value is -3.35. The highest BCUT2D eigenvalue weighted by Gasteiger charge is 2.15. The molecule has 0 unspecified atom stereocenters. The van der Waals surface area contributed by atoms with E-state index < -0.39 is 5.95 Å². The maximum atomic E-state index is 14.2. The van der Waals surface area contributed by atoms with E-state index in [1.54, 1.807) is 18.5 Å². The van der Waals surface area contributed by atoms with E-state index >= 15 is 0 Å². The number of aryl methyl sites for hydroxylation is 2. The first-order valence-corrected chi connectivity index (χ1v) is 8.84. The molecule has 7 heteroatoms. The van der Waals surface area contributed by atoms with Gasteiger partial charge in [0, 0.05) is 29.1 Å². The minimum atomic E-state index is -0.547. The fourth-order valence-corrected chi connectivity index (χ4v) is 3.39. The van der Waals surface area contributed by atoms with Crippen molar-refractivity contribution in [2.24, 2.45) is 0 Å². The van der Waals surface area contributed by atoms with Crippen LogP contribution < -0.4 is 4.74 Å². The van der Waals surface area contributed by atoms with Gasteiger partial charge >= 0.3 is 0 Å². The van der Waals surface area contributed by atoms with E-state index in [0.29, 0.717) is 35.4 Å². The van der Waals surface area contributed by atoms with Crippen molar-refractivity contribution in [3.63, 3.8) is 0 Å². The number of aromatic nitrogens is 4. The molecule has 1 aromatic carbocycles. The predicted molar refractivity (Wildman–Crippen MR) is 101 cm³/mol. The van der Waals surface area contributed by atoms with Gasteiger partial charge in [-0.1, -0.05) is 6.07 Å². The van der Waals surface area contributed by atoms with Crippen molar-refractivity contribution in [3.05, 3.63) is 77.5 Å². The quantitative estimate of drug-likeness (QED) is 0.488. The van der Waals surface area contributed by atoms with Crippen molar-refractivity contribution in [2.75, 3.05) is 7.11 Å². The Kier molecular flexibility index (Phi) is 4.73. The fraction of sp³-hybridized carbons (Fsp3) is 0.190. The van der Waals surface area contributed by atoms with Crippen LogP contribution in [0.25, 0.3) is 16.8 Å². The van der Waals surface area contributed by atoms with E-state index in [9.17, 15) is 8.78 Å². The largest absolute Gasteiger partial charge is 0.496 e. The van der Waals surface area contributed by atoms with Gasteiger partial charge in [-0.15, -0.1) is 10.2 Å². The van der Waals surface area contributed by atoms with Crippen molar-refractivity contribution in [1.29, 1.82) is 0 Å². The van der Waals surface area contributed by atoms with Crippen molar-refractivity contribution >= 4 is 5.65 Å². The lowest BCUT2D eigenvalue weighted by Crippen LogP contribution is -2.03. The average molecular weight is 380 g/mol. The van der Waals surface area contributed by atoms with Crippen molar-refractivity contribution in [2.45, 2.75) is 19.8 Å². The molecule has 0 fully saturated rings. The lowest BCUT2D eigenvalue weighted by atomic mass is 10.0. The molecule has 0 saturated carbocycles. The van der Waals surface area contributed by atoms with E-state index in [1.807, 2.05) is 23.5 Å². The molecule has 0 amide bonds. The second-order valence-corrected chi connectivity index (χ2v) is 6.51. The standard InChI is InChI=1S/C21H18F2N4O/c1-13-11-24-20(23)10-17(13)15-8-6-14(27-12-25-26-21(15)27)7-9-16-18(22)4-3-5-19(16)28-2/h3-6,8,10-12H,7,9H2,1-2H3. The summed E-state index contributed by atoms with van der Waals surface area (Å²) in [4.78, 5) is 3.68. The molecule has 0 atom stereocenters. The SMILES string of the molecule is COc1cccc(F)c1CCc1ccc(-c2cc(F)ncc2C)c2nncn12. The molecule has 0 bridgehead atoms. The zero-order chi connectivity index (χ0) is 19.7. The molecule has 0 N–H and O–H groups in total. The summed E-state index contributed by atoms with van der Waals surface area (Å²) in [6.07, 6.45) is 4.14. The van der Waals surface area contributed by atoms with Gasteiger partial charge in [0.25, 0.3) is 0 Å². The molecule has 5 nitrogen and oxygen atoms in total. The van der Waals surface area contributed by atoms with Crippen LogP contribution in [0.3, 0.4) is 0 Å². The zero-order valence-corrected chi connectivity index (χ0v) is 15.5. The number of rotatable bonds is 5. The Labute approximate surface area is 160 Å². The molecule has 4 aromatic rings. The zero-order valence-electron chi connectivity index (χ0n) is 15.5. The number of hydrogen-bond acceptors (Lipinski definition) is 4. The molecule has 0 aliphatic rings. The molecular weight excluding hydrogens is 362 g/mol. The third-order valence-corrected chi connectivity index (χ3v) is 4.83. The first kappa shape index (κ1) is 18.0. The van der Waals surface area contributed by atoms with Gasteiger partial charge in [0.1, 0.15) is 17.9 Å². The summed E-state index contributed by atoms with van der Waals surface area (Å²) in [5.41, 5.74) is 4.39. The number of fused-ring (bicyclic) bond motifs is 1. The molecule has 0 radical (unpaired) electrons. The van der Waals surface area contributed by atoms with Crippen LogP contribution in [0.5, 0.6) is 5.75 Å². The van der Waals surface area contributed by atoms with Crippen molar-refractivity contribution < 1.29 is 13.5 Å². The number of pyridine rings is 2. The van der Waals surface area contributed by atoms with Gasteiger partial charge in [-0.2, -0.15) is 4.39 Å². The minimum absolute atomic E-state index is 0.293. The summed E-state index contributed by atoms with van der Waals surface area (Å²) in [7, 11) is 1.53. The maximum Gasteiger partial charge on any atom is 0.213 e. The molecule has 4 rings (SSSR count). The van der Waals surface area contributed by atoms with Crippen molar-refractivity contribution in [3.8, 4) is 16.9 Å². The second kappa shape index (κ2) is 7.34. The van der Waals surface area contributed by atoms with Gasteiger partial charge in [-0.3, -0.25) is 4.40 Å². The van der Waals surface area contributed by atoms with Crippen LogP contribution in [-0.4, -0.2) is 26.7 Å². The molecule has 0 aliphatic heterocycles. The highest BCUT2D eigenvalue weighted by Crippen LogP contribution is 2.28. The van der Waals surface area contributed by atoms with E-state index in [1.165, 1.54) is 25.4 Å². The summed E-state index contributed by atoms with van der Waals surface area (Å²) in [6.45, 7) is 1.87. The number of nitrogens with zero attached hydrogens (tertiary/aromatic N) is 4. The predicted octanol–water partition coefficient (Wildman–Crippen LogP) is 4.17. The van der Waals surface area contributed by atoms with Crippen LogP contribution in [0.4, 0.5) is 8.78 Å². The van der Waals surface area contributed by atoms with Gasteiger partial charge in [-0.05, 0) is 55.2 Å². The van der Waals surface area contributed by atoms with Crippen LogP contribution in [0.1, 0.15) is 16.8 Å². The summed E-state index contributed by atoms with van der Waals surface area (Å²) in [5, 5.41) is 8.22. The second-order valence-electron chi connectivity index (χ2n) is 6.51. The van der Waals surface area contributed by atoms with E-state index in [2.05, 4.69) is 15.2 Å². The van der Waals surface area contributed by atoms with E-state index in [-0.39, 0.29) is 5.82 Å². The van der Waals surface area contributed by atoms with Gasteiger partial charge < -0.3 is 4.74 Å². The van der Waals surface area contributed by atoms with Gasteiger partial charge in [-0.25, -0.2) is 9.37 Å². The van der Waals surface area contributed by atoms with Crippen LogP contribution in [0.2, 0.25) is 0 Å². The molecule has 0 aliphatic carbocycles. The van der Waals surface area contributed by atoms with Gasteiger partial charge in [0.2, 0.25) is 5.95 Å². The Balaban J connectivity index is 1.72. The van der Waals surface area contributed by atoms with Crippen LogP contribution >= 0.6 is 0 Å². The minimum Gasteiger partial charge on any atom is -0.496 e. The van der Waals surface area contributed by atoms with Gasteiger partial charge in [0.05, 0.1) is 7.11 Å². The Morgan fingerprint density at radius 1 is 1.07 bits per heavy atom. The molecule has 3 heterocycles. The first-order valence-electron chi connectivity index (χ1n) is 8.84. The highest BCUT2D eigenvalue weighted by atomic mass is 19.1. The molecule has 3 aromatic heterocycles. The lowest BCUT2D eigenvalue weighted by Gasteiger charge is -2.12. The Morgan fingerprint density at radius 3 is 2.75 bits per heavy atom. The number of hydrogen-bond donors (Lipinski definition) is 0. The number of halogens is 2. The van der Waals surface area contributed by atoms with Crippen molar-refractivity contribution in [1.82, 2.24) is 19.6 Å². The third kappa shape index (κ3) is 3.19. The summed E-state index contributed by atoms with van der Waals surface area (Å²) < 4.78 is 35.0. The molecule has 142 valence electrons. The number of benzene rings is 1. The average Bonchev–Trinajstić information content (AvgIpc) is 3.19. The highest BCUT2D eigenvalue weighted by molar-refractivity contribution is 5.79. The van der Waals surface area contributed by atoms with Crippen LogP contribution in [0, 0.1) is 18.7 Å². The number of ether oxygens (including phenoxy) is 1. The normalized spacial score (nSPS) is 11.1. The first-order chi connectivity index (χ1) is 13.6. The molecule has 0 spiro atoms. The summed E-state index contributed by atoms with van der Waals surface area (Å²) in [5.74, 6) is -0.313. The Bertz CT molecular complexity index is 1160. The smallest absolute Gasteiger partial charge is 0.213 e. The Morgan fingerprint density at radius 2 is 1.93 bits per heavy atom. The van der Waals surface area contributed by atoms with E-state index in [4.69, 9.17) is 4.74 Å². The summed E-state index contributed by atoms with van der Waals surface area (Å²) >= 11 is 0. The molecular formula is C21H18F2N4O. The van der Waals surface area contributed by atoms with Gasteiger partial charge in [0.15, 0.2) is 5.65 Å². The molecule has 28 heavy (non-hydrogen) atoms. The topological polar surface area (TPSA) is 52.3 Å². The lowest BCUT2D eigenvalue weighted by molar-refractivity contribution is 0.404. The third-order valence-electron chi connectivity index (χ3n) is 4.83. The maximum absolute atomic E-state index is 14.2. The van der Waals surface area contributed by atoms with E-state index in [0.717, 1.165) is 16.8 Å².